The van der Waals surface area contributed by atoms with Crippen LogP contribution in [0.2, 0.25) is 0 Å². The highest BCUT2D eigenvalue weighted by Gasteiger charge is 2.30. The fraction of sp³-hybridized carbons (Fsp3) is 0.750. The number of carbonyl (C=O) groups excluding carboxylic acids is 1. The van der Waals surface area contributed by atoms with Crippen molar-refractivity contribution >= 4 is 5.91 Å². The van der Waals surface area contributed by atoms with E-state index in [4.69, 9.17) is 9.47 Å². The van der Waals surface area contributed by atoms with Gasteiger partial charge in [-0.3, -0.25) is 4.79 Å². The molecular weight excluding hydrogens is 330 g/mol. The van der Waals surface area contributed by atoms with Gasteiger partial charge in [0.1, 0.15) is 12.4 Å². The van der Waals surface area contributed by atoms with Crippen molar-refractivity contribution < 1.29 is 14.3 Å². The van der Waals surface area contributed by atoms with Crippen molar-refractivity contribution in [2.45, 2.75) is 63.4 Å². The normalized spacial score (nSPS) is 24.9. The van der Waals surface area contributed by atoms with Gasteiger partial charge in [-0.15, -0.1) is 0 Å². The van der Waals surface area contributed by atoms with E-state index >= 15 is 0 Å². The van der Waals surface area contributed by atoms with Crippen molar-refractivity contribution in [3.05, 3.63) is 18.1 Å². The maximum Gasteiger partial charge on any atom is 0.251 e. The van der Waals surface area contributed by atoms with E-state index in [9.17, 15) is 4.79 Å². The molecule has 6 heteroatoms. The highest BCUT2D eigenvalue weighted by molar-refractivity contribution is 5.81. The Morgan fingerprint density at radius 3 is 2.65 bits per heavy atom. The van der Waals surface area contributed by atoms with Gasteiger partial charge < -0.3 is 14.4 Å². The van der Waals surface area contributed by atoms with Gasteiger partial charge in [-0.1, -0.05) is 6.42 Å². The first kappa shape index (κ1) is 17.7. The molecule has 0 aromatic carbocycles. The van der Waals surface area contributed by atoms with Crippen LogP contribution in [0.5, 0.6) is 5.88 Å². The van der Waals surface area contributed by atoms with Crippen LogP contribution in [0.1, 0.15) is 63.0 Å². The van der Waals surface area contributed by atoms with E-state index in [1.807, 2.05) is 11.0 Å². The molecule has 0 N–H and O–H groups in total. The van der Waals surface area contributed by atoms with E-state index in [0.29, 0.717) is 24.3 Å². The Bertz CT molecular complexity index is 606. The van der Waals surface area contributed by atoms with Gasteiger partial charge in [0.25, 0.3) is 5.91 Å². The van der Waals surface area contributed by atoms with Crippen LogP contribution in [-0.4, -0.2) is 53.2 Å². The van der Waals surface area contributed by atoms with Gasteiger partial charge in [0.2, 0.25) is 5.88 Å². The van der Waals surface area contributed by atoms with Crippen molar-refractivity contribution in [2.75, 3.05) is 26.3 Å². The number of amides is 1. The molecule has 3 heterocycles. The third-order valence-corrected chi connectivity index (χ3v) is 6.03. The van der Waals surface area contributed by atoms with Gasteiger partial charge in [0, 0.05) is 31.7 Å². The number of piperidine rings is 1. The zero-order valence-corrected chi connectivity index (χ0v) is 15.4. The highest BCUT2D eigenvalue weighted by Crippen LogP contribution is 2.35. The second kappa shape index (κ2) is 8.33. The summed E-state index contributed by atoms with van der Waals surface area (Å²) in [4.78, 5) is 23.1. The highest BCUT2D eigenvalue weighted by atomic mass is 16.5. The molecule has 2 saturated heterocycles. The SMILES string of the molecule is O=C(C1CCCCO1)N1CCC(COc2cc(C3CCC3)ncn2)CC1. The summed E-state index contributed by atoms with van der Waals surface area (Å²) in [6, 6.07) is 2.00. The van der Waals surface area contributed by atoms with Crippen molar-refractivity contribution in [1.29, 1.82) is 0 Å². The zero-order chi connectivity index (χ0) is 17.8. The number of likely N-dealkylation sites (tertiary alicyclic amines) is 1. The average Bonchev–Trinajstić information content (AvgIpc) is 2.66. The van der Waals surface area contributed by atoms with E-state index in [1.165, 1.54) is 19.3 Å². The van der Waals surface area contributed by atoms with Crippen LogP contribution in [0.3, 0.4) is 0 Å². The van der Waals surface area contributed by atoms with Gasteiger partial charge in [-0.2, -0.15) is 0 Å². The third kappa shape index (κ3) is 4.17. The predicted molar refractivity (Wildman–Crippen MR) is 97.0 cm³/mol. The number of ether oxygens (including phenoxy) is 2. The summed E-state index contributed by atoms with van der Waals surface area (Å²) in [7, 11) is 0. The number of rotatable bonds is 5. The molecule has 0 bridgehead atoms. The maximum absolute atomic E-state index is 12.5. The van der Waals surface area contributed by atoms with Crippen LogP contribution in [0.4, 0.5) is 0 Å². The van der Waals surface area contributed by atoms with Crippen LogP contribution in [0.25, 0.3) is 0 Å². The predicted octanol–water partition coefficient (Wildman–Crippen LogP) is 2.93. The van der Waals surface area contributed by atoms with Crippen LogP contribution in [0, 0.1) is 5.92 Å². The monoisotopic (exact) mass is 359 g/mol. The topological polar surface area (TPSA) is 64.5 Å². The maximum atomic E-state index is 12.5. The van der Waals surface area contributed by atoms with Crippen molar-refractivity contribution in [3.63, 3.8) is 0 Å². The molecule has 0 radical (unpaired) electrons. The van der Waals surface area contributed by atoms with Gasteiger partial charge in [0.15, 0.2) is 0 Å². The Morgan fingerprint density at radius 1 is 1.12 bits per heavy atom. The molecule has 1 aliphatic carbocycles. The molecule has 1 aromatic heterocycles. The van der Waals surface area contributed by atoms with E-state index in [-0.39, 0.29) is 12.0 Å². The Hall–Kier alpha value is -1.69. The lowest BCUT2D eigenvalue weighted by molar-refractivity contribution is -0.148. The summed E-state index contributed by atoms with van der Waals surface area (Å²) in [6.45, 7) is 3.01. The van der Waals surface area contributed by atoms with Crippen LogP contribution < -0.4 is 4.74 Å². The Morgan fingerprint density at radius 2 is 1.96 bits per heavy atom. The first-order chi connectivity index (χ1) is 12.8. The number of carbonyl (C=O) groups is 1. The van der Waals surface area contributed by atoms with E-state index in [2.05, 4.69) is 9.97 Å². The van der Waals surface area contributed by atoms with Crippen LogP contribution >= 0.6 is 0 Å². The van der Waals surface area contributed by atoms with Crippen LogP contribution in [-0.2, 0) is 9.53 Å². The fourth-order valence-corrected chi connectivity index (χ4v) is 4.02. The van der Waals surface area contributed by atoms with Gasteiger partial charge >= 0.3 is 0 Å². The molecule has 1 atom stereocenters. The third-order valence-electron chi connectivity index (χ3n) is 6.03. The summed E-state index contributed by atoms with van der Waals surface area (Å²) in [5.41, 5.74) is 1.12. The number of nitrogens with zero attached hydrogens (tertiary/aromatic N) is 3. The quantitative estimate of drug-likeness (QED) is 0.809. The standard InChI is InChI=1S/C20H29N3O3/c24-20(18-6-1-2-11-25-18)23-9-7-15(8-10-23)13-26-19-12-17(21-14-22-19)16-4-3-5-16/h12,14-16,18H,1-11,13H2. The smallest absolute Gasteiger partial charge is 0.251 e. The zero-order valence-electron chi connectivity index (χ0n) is 15.4. The Kier molecular flexibility index (Phi) is 5.68. The average molecular weight is 359 g/mol. The molecule has 1 unspecified atom stereocenters. The molecule has 2 aliphatic heterocycles. The minimum absolute atomic E-state index is 0.185. The summed E-state index contributed by atoms with van der Waals surface area (Å²) >= 11 is 0. The lowest BCUT2D eigenvalue weighted by Gasteiger charge is -2.35. The minimum atomic E-state index is -0.206. The second-order valence-corrected chi connectivity index (χ2v) is 7.84. The molecule has 1 amide bonds. The lowest BCUT2D eigenvalue weighted by atomic mass is 9.83. The lowest BCUT2D eigenvalue weighted by Crippen LogP contribution is -2.46. The summed E-state index contributed by atoms with van der Waals surface area (Å²) in [6.07, 6.45) is 10.2. The van der Waals surface area contributed by atoms with E-state index in [0.717, 1.165) is 57.5 Å². The Labute approximate surface area is 155 Å². The van der Waals surface area contributed by atoms with Gasteiger partial charge in [0.05, 0.1) is 12.3 Å². The molecule has 142 valence electrons. The molecular formula is C20H29N3O3. The Balaban J connectivity index is 1.22. The summed E-state index contributed by atoms with van der Waals surface area (Å²) in [5.74, 6) is 1.95. The minimum Gasteiger partial charge on any atom is -0.477 e. The number of hydrogen-bond donors (Lipinski definition) is 0. The fourth-order valence-electron chi connectivity index (χ4n) is 4.02. The van der Waals surface area contributed by atoms with Gasteiger partial charge in [-0.05, 0) is 50.9 Å². The molecule has 6 nitrogen and oxygen atoms in total. The van der Waals surface area contributed by atoms with Crippen molar-refractivity contribution in [2.24, 2.45) is 5.92 Å². The molecule has 26 heavy (non-hydrogen) atoms. The summed E-state index contributed by atoms with van der Waals surface area (Å²) < 4.78 is 11.6. The largest absolute Gasteiger partial charge is 0.477 e. The molecule has 4 rings (SSSR count). The van der Waals surface area contributed by atoms with Crippen molar-refractivity contribution in [1.82, 2.24) is 14.9 Å². The molecule has 1 aromatic rings. The molecule has 3 fully saturated rings. The van der Waals surface area contributed by atoms with Crippen LogP contribution in [0.15, 0.2) is 12.4 Å². The first-order valence-corrected chi connectivity index (χ1v) is 10.1. The van der Waals surface area contributed by atoms with E-state index < -0.39 is 0 Å². The summed E-state index contributed by atoms with van der Waals surface area (Å²) in [5, 5.41) is 0. The second-order valence-electron chi connectivity index (χ2n) is 7.84. The molecule has 1 saturated carbocycles. The van der Waals surface area contributed by atoms with Gasteiger partial charge in [-0.25, -0.2) is 9.97 Å². The van der Waals surface area contributed by atoms with E-state index in [1.54, 1.807) is 6.33 Å². The number of aromatic nitrogens is 2. The van der Waals surface area contributed by atoms with Crippen molar-refractivity contribution in [3.8, 4) is 5.88 Å². The molecule has 3 aliphatic rings. The molecule has 0 spiro atoms. The first-order valence-electron chi connectivity index (χ1n) is 10.1. The number of hydrogen-bond acceptors (Lipinski definition) is 5.